The van der Waals surface area contributed by atoms with Crippen molar-refractivity contribution in [3.05, 3.63) is 54.0 Å². The molecule has 0 radical (unpaired) electrons. The number of nitrogens with one attached hydrogen (secondary N) is 1. The van der Waals surface area contributed by atoms with Crippen LogP contribution in [0.4, 0.5) is 10.5 Å². The molecule has 1 aromatic heterocycles. The Hall–Kier alpha value is -2.43. The van der Waals surface area contributed by atoms with Gasteiger partial charge < -0.3 is 19.5 Å². The second kappa shape index (κ2) is 6.56. The largest absolute Gasteiger partial charge is 0.467 e. The van der Waals surface area contributed by atoms with Gasteiger partial charge in [0.2, 0.25) is 0 Å². The van der Waals surface area contributed by atoms with Gasteiger partial charge in [-0.1, -0.05) is 17.7 Å². The molecule has 0 spiro atoms. The lowest BCUT2D eigenvalue weighted by Crippen LogP contribution is -2.51. The molecule has 0 aliphatic carbocycles. The molecule has 2 heterocycles. The topological polar surface area (TPSA) is 48.7 Å². The molecule has 1 aliphatic heterocycles. The van der Waals surface area contributed by atoms with Gasteiger partial charge in [-0.2, -0.15) is 0 Å². The van der Waals surface area contributed by atoms with Crippen molar-refractivity contribution in [2.75, 3.05) is 31.1 Å². The molecule has 1 aromatic carbocycles. The summed E-state index contributed by atoms with van der Waals surface area (Å²) in [4.78, 5) is 16.3. The number of hydrogen-bond donors (Lipinski definition) is 1. The van der Waals surface area contributed by atoms with Crippen LogP contribution in [0.5, 0.6) is 0 Å². The quantitative estimate of drug-likeness (QED) is 0.948. The Morgan fingerprint density at radius 2 is 1.86 bits per heavy atom. The molecule has 3 rings (SSSR count). The van der Waals surface area contributed by atoms with Crippen LogP contribution in [0, 0.1) is 6.92 Å². The van der Waals surface area contributed by atoms with E-state index in [0.29, 0.717) is 6.54 Å². The summed E-state index contributed by atoms with van der Waals surface area (Å²) < 4.78 is 5.21. The average molecular weight is 299 g/mol. The molecule has 2 aromatic rings. The van der Waals surface area contributed by atoms with Gasteiger partial charge in [0, 0.05) is 31.9 Å². The Morgan fingerprint density at radius 1 is 1.14 bits per heavy atom. The fourth-order valence-electron chi connectivity index (χ4n) is 2.61. The molecule has 0 atom stereocenters. The lowest BCUT2D eigenvalue weighted by atomic mass is 10.2. The fourth-order valence-corrected chi connectivity index (χ4v) is 2.61. The van der Waals surface area contributed by atoms with E-state index in [-0.39, 0.29) is 6.03 Å². The number of hydrogen-bond acceptors (Lipinski definition) is 3. The average Bonchev–Trinajstić information content (AvgIpc) is 3.07. The minimum absolute atomic E-state index is 0.0278. The van der Waals surface area contributed by atoms with Crippen LogP contribution in [0.2, 0.25) is 0 Å². The zero-order valence-electron chi connectivity index (χ0n) is 12.8. The van der Waals surface area contributed by atoms with Crippen molar-refractivity contribution < 1.29 is 9.21 Å². The van der Waals surface area contributed by atoms with Gasteiger partial charge in [0.15, 0.2) is 0 Å². The lowest BCUT2D eigenvalue weighted by molar-refractivity contribution is 0.193. The Kier molecular flexibility index (Phi) is 4.32. The number of piperazine rings is 1. The first kappa shape index (κ1) is 14.5. The Labute approximate surface area is 130 Å². The third-order valence-corrected chi connectivity index (χ3v) is 3.96. The van der Waals surface area contributed by atoms with Gasteiger partial charge in [0.1, 0.15) is 5.76 Å². The predicted octanol–water partition coefficient (Wildman–Crippen LogP) is 2.62. The van der Waals surface area contributed by atoms with Gasteiger partial charge in [0.25, 0.3) is 0 Å². The van der Waals surface area contributed by atoms with Crippen LogP contribution in [-0.2, 0) is 6.54 Å². The van der Waals surface area contributed by atoms with Crippen molar-refractivity contribution in [2.45, 2.75) is 13.5 Å². The number of anilines is 1. The Balaban J connectivity index is 1.48. The number of carbonyl (C=O) groups is 1. The first-order valence-corrected chi connectivity index (χ1v) is 7.59. The maximum absolute atomic E-state index is 12.1. The van der Waals surface area contributed by atoms with E-state index in [1.54, 1.807) is 6.26 Å². The summed E-state index contributed by atoms with van der Waals surface area (Å²) in [6, 6.07) is 12.2. The lowest BCUT2D eigenvalue weighted by Gasteiger charge is -2.36. The van der Waals surface area contributed by atoms with Gasteiger partial charge in [-0.05, 0) is 31.2 Å². The maximum Gasteiger partial charge on any atom is 0.317 e. The van der Waals surface area contributed by atoms with E-state index in [9.17, 15) is 4.79 Å². The van der Waals surface area contributed by atoms with Crippen molar-refractivity contribution in [2.24, 2.45) is 0 Å². The molecular formula is C17H21N3O2. The van der Waals surface area contributed by atoms with Crippen LogP contribution in [0.25, 0.3) is 0 Å². The van der Waals surface area contributed by atoms with Gasteiger partial charge in [-0.3, -0.25) is 0 Å². The number of carbonyl (C=O) groups excluding carboxylic acids is 1. The number of benzene rings is 1. The Bertz CT molecular complexity index is 599. The van der Waals surface area contributed by atoms with Crippen LogP contribution in [0.15, 0.2) is 47.1 Å². The normalized spacial score (nSPS) is 15.0. The highest BCUT2D eigenvalue weighted by atomic mass is 16.3. The highest BCUT2D eigenvalue weighted by Gasteiger charge is 2.21. The summed E-state index contributed by atoms with van der Waals surface area (Å²) >= 11 is 0. The molecule has 1 fully saturated rings. The molecule has 116 valence electrons. The minimum Gasteiger partial charge on any atom is -0.467 e. The third kappa shape index (κ3) is 3.42. The molecule has 2 amide bonds. The van der Waals surface area contributed by atoms with Crippen molar-refractivity contribution in [3.63, 3.8) is 0 Å². The van der Waals surface area contributed by atoms with Crippen molar-refractivity contribution in [1.82, 2.24) is 10.2 Å². The van der Waals surface area contributed by atoms with E-state index in [1.165, 1.54) is 11.3 Å². The SMILES string of the molecule is Cc1ccc(N2CCN(C(=O)NCc3ccco3)CC2)cc1. The highest BCUT2D eigenvalue weighted by Crippen LogP contribution is 2.17. The molecule has 0 bridgehead atoms. The maximum atomic E-state index is 12.1. The van der Waals surface area contributed by atoms with Crippen molar-refractivity contribution >= 4 is 11.7 Å². The zero-order chi connectivity index (χ0) is 15.4. The monoisotopic (exact) mass is 299 g/mol. The minimum atomic E-state index is -0.0278. The van der Waals surface area contributed by atoms with Crippen LogP contribution >= 0.6 is 0 Å². The number of nitrogens with zero attached hydrogens (tertiary/aromatic N) is 2. The second-order valence-corrected chi connectivity index (χ2v) is 5.55. The van der Waals surface area contributed by atoms with Crippen molar-refractivity contribution in [3.8, 4) is 0 Å². The molecule has 1 saturated heterocycles. The number of aryl methyl sites for hydroxylation is 1. The first-order chi connectivity index (χ1) is 10.7. The van der Waals surface area contributed by atoms with E-state index < -0.39 is 0 Å². The van der Waals surface area contributed by atoms with Crippen molar-refractivity contribution in [1.29, 1.82) is 0 Å². The second-order valence-electron chi connectivity index (χ2n) is 5.55. The zero-order valence-corrected chi connectivity index (χ0v) is 12.8. The van der Waals surface area contributed by atoms with Crippen LogP contribution in [0.3, 0.4) is 0 Å². The molecule has 1 aliphatic rings. The van der Waals surface area contributed by atoms with Crippen LogP contribution in [-0.4, -0.2) is 37.1 Å². The number of furan rings is 1. The molecule has 22 heavy (non-hydrogen) atoms. The summed E-state index contributed by atoms with van der Waals surface area (Å²) in [5.74, 6) is 0.770. The summed E-state index contributed by atoms with van der Waals surface area (Å²) in [6.07, 6.45) is 1.61. The van der Waals surface area contributed by atoms with Gasteiger partial charge in [-0.15, -0.1) is 0 Å². The van der Waals surface area contributed by atoms with Crippen LogP contribution in [0.1, 0.15) is 11.3 Å². The fraction of sp³-hybridized carbons (Fsp3) is 0.353. The molecule has 0 saturated carbocycles. The Morgan fingerprint density at radius 3 is 2.50 bits per heavy atom. The third-order valence-electron chi connectivity index (χ3n) is 3.96. The highest BCUT2D eigenvalue weighted by molar-refractivity contribution is 5.74. The predicted molar refractivity (Wildman–Crippen MR) is 85.9 cm³/mol. The molecule has 5 heteroatoms. The standard InChI is InChI=1S/C17H21N3O2/c1-14-4-6-15(7-5-14)19-8-10-20(11-9-19)17(21)18-13-16-3-2-12-22-16/h2-7,12H,8-11,13H2,1H3,(H,18,21). The van der Waals surface area contributed by atoms with Gasteiger partial charge in [0.05, 0.1) is 12.8 Å². The van der Waals surface area contributed by atoms with Crippen LogP contribution < -0.4 is 10.2 Å². The molecular weight excluding hydrogens is 278 g/mol. The number of amides is 2. The van der Waals surface area contributed by atoms with Gasteiger partial charge in [-0.25, -0.2) is 4.79 Å². The van der Waals surface area contributed by atoms with E-state index >= 15 is 0 Å². The molecule has 1 N–H and O–H groups in total. The summed E-state index contributed by atoms with van der Waals surface area (Å²) in [6.45, 7) is 5.71. The summed E-state index contributed by atoms with van der Waals surface area (Å²) in [7, 11) is 0. The van der Waals surface area contributed by atoms with E-state index in [4.69, 9.17) is 4.42 Å². The molecule has 0 unspecified atom stereocenters. The van der Waals surface area contributed by atoms with Gasteiger partial charge >= 0.3 is 6.03 Å². The first-order valence-electron chi connectivity index (χ1n) is 7.59. The summed E-state index contributed by atoms with van der Waals surface area (Å²) in [5, 5.41) is 2.89. The van der Waals surface area contributed by atoms with E-state index in [2.05, 4.69) is 41.4 Å². The number of rotatable bonds is 3. The smallest absolute Gasteiger partial charge is 0.317 e. The number of urea groups is 1. The van der Waals surface area contributed by atoms with E-state index in [1.807, 2.05) is 17.0 Å². The molecule has 5 nitrogen and oxygen atoms in total. The summed E-state index contributed by atoms with van der Waals surface area (Å²) in [5.41, 5.74) is 2.49. The van der Waals surface area contributed by atoms with E-state index in [0.717, 1.165) is 31.9 Å².